The first kappa shape index (κ1) is 19.6. The van der Waals surface area contributed by atoms with Gasteiger partial charge in [0.15, 0.2) is 0 Å². The zero-order valence-electron chi connectivity index (χ0n) is 12.4. The minimum absolute atomic E-state index is 0.0989. The van der Waals surface area contributed by atoms with Crippen LogP contribution in [0.25, 0.3) is 0 Å². The number of rotatable bonds is 7. The van der Waals surface area contributed by atoms with Crippen LogP contribution in [-0.2, 0) is 14.9 Å². The minimum Gasteiger partial charge on any atom is -0.396 e. The fourth-order valence-corrected chi connectivity index (χ4v) is 2.26. The molecule has 0 aliphatic carbocycles. The van der Waals surface area contributed by atoms with Crippen LogP contribution in [-0.4, -0.2) is 26.2 Å². The molecule has 23 heavy (non-hydrogen) atoms. The molecule has 1 N–H and O–H groups in total. The van der Waals surface area contributed by atoms with Crippen LogP contribution in [0.4, 0.5) is 18.9 Å². The fourth-order valence-electron chi connectivity index (χ4n) is 1.51. The molecule has 1 aromatic carbocycles. The number of nitrogens with zero attached hydrogens (tertiary/aromatic N) is 1. The molecule has 1 rings (SSSR count). The maximum Gasteiger partial charge on any atom is 0.516 e. The molecule has 0 saturated heterocycles. The number of hydrogen-bond donors (Lipinski definition) is 1. The Morgan fingerprint density at radius 2 is 2.04 bits per heavy atom. The Kier molecular flexibility index (Phi) is 6.69. The number of hydrogen-bond acceptors (Lipinski definition) is 4. The van der Waals surface area contributed by atoms with E-state index in [-0.39, 0.29) is 22.0 Å². The molecule has 0 spiro atoms. The van der Waals surface area contributed by atoms with Crippen LogP contribution < -0.4 is 4.72 Å². The quantitative estimate of drug-likeness (QED) is 0.444. The number of nitrogens with one attached hydrogen (secondary N) is 1. The third-order valence-corrected chi connectivity index (χ3v) is 4.04. The van der Waals surface area contributed by atoms with E-state index in [1.54, 1.807) is 0 Å². The highest BCUT2D eigenvalue weighted by molar-refractivity contribution is 7.93. The molecule has 0 unspecified atom stereocenters. The molecule has 1 aromatic rings. The molecule has 0 fully saturated rings. The van der Waals surface area contributed by atoms with Crippen molar-refractivity contribution >= 4 is 33.0 Å². The maximum atomic E-state index is 12.5. The van der Waals surface area contributed by atoms with Crippen LogP contribution >= 0.6 is 11.6 Å². The lowest BCUT2D eigenvalue weighted by Gasteiger charge is -2.14. The average molecular weight is 373 g/mol. The third kappa shape index (κ3) is 5.58. The van der Waals surface area contributed by atoms with Gasteiger partial charge in [-0.25, -0.2) is 0 Å². The number of sulfonamides is 1. The molecule has 0 atom stereocenters. The summed E-state index contributed by atoms with van der Waals surface area (Å²) in [6.45, 7) is 3.78. The monoisotopic (exact) mass is 372 g/mol. The van der Waals surface area contributed by atoms with Crippen LogP contribution in [0.1, 0.15) is 32.3 Å². The first-order valence-corrected chi connectivity index (χ1v) is 8.50. The van der Waals surface area contributed by atoms with Gasteiger partial charge in [0.1, 0.15) is 6.61 Å². The summed E-state index contributed by atoms with van der Waals surface area (Å²) in [5, 5.41) is 3.99. The first-order valence-electron chi connectivity index (χ1n) is 6.64. The summed E-state index contributed by atoms with van der Waals surface area (Å²) in [5.41, 5.74) is -5.41. The summed E-state index contributed by atoms with van der Waals surface area (Å²) in [4.78, 5) is 5.03. The van der Waals surface area contributed by atoms with Gasteiger partial charge in [-0.1, -0.05) is 30.1 Å². The van der Waals surface area contributed by atoms with Gasteiger partial charge in [0.25, 0.3) is 0 Å². The van der Waals surface area contributed by atoms with Crippen molar-refractivity contribution in [3.05, 3.63) is 28.8 Å². The molecule has 10 heteroatoms. The van der Waals surface area contributed by atoms with Crippen molar-refractivity contribution in [3.8, 4) is 0 Å². The van der Waals surface area contributed by atoms with E-state index in [1.165, 1.54) is 23.8 Å². The average Bonchev–Trinajstić information content (AvgIpc) is 2.44. The summed E-state index contributed by atoms with van der Waals surface area (Å²) in [5.74, 6) is 0. The first-order chi connectivity index (χ1) is 10.6. The van der Waals surface area contributed by atoms with Gasteiger partial charge in [0, 0.05) is 10.6 Å². The van der Waals surface area contributed by atoms with Crippen molar-refractivity contribution in [1.29, 1.82) is 0 Å². The fraction of sp³-hybridized carbons (Fsp3) is 0.462. The highest BCUT2D eigenvalue weighted by Gasteiger charge is 2.46. The van der Waals surface area contributed by atoms with E-state index in [0.717, 1.165) is 18.9 Å². The topological polar surface area (TPSA) is 67.8 Å². The summed E-state index contributed by atoms with van der Waals surface area (Å²) in [6, 6.07) is 3.70. The van der Waals surface area contributed by atoms with Crippen molar-refractivity contribution < 1.29 is 26.4 Å². The number of benzene rings is 1. The van der Waals surface area contributed by atoms with Gasteiger partial charge in [-0.15, -0.1) is 0 Å². The van der Waals surface area contributed by atoms with Gasteiger partial charge in [-0.2, -0.15) is 21.6 Å². The Balaban J connectivity index is 3.11. The summed E-state index contributed by atoms with van der Waals surface area (Å²) >= 11 is 5.81. The third-order valence-electron chi connectivity index (χ3n) is 2.71. The predicted octanol–water partition coefficient (Wildman–Crippen LogP) is 4.14. The van der Waals surface area contributed by atoms with Gasteiger partial charge in [0.2, 0.25) is 0 Å². The van der Waals surface area contributed by atoms with Gasteiger partial charge < -0.3 is 4.84 Å². The van der Waals surface area contributed by atoms with Crippen molar-refractivity contribution in [2.75, 3.05) is 11.3 Å². The number of anilines is 1. The normalized spacial score (nSPS) is 13.0. The van der Waals surface area contributed by atoms with Crippen LogP contribution in [0.3, 0.4) is 0 Å². The second-order valence-corrected chi connectivity index (χ2v) is 6.71. The molecule has 0 saturated carbocycles. The predicted molar refractivity (Wildman–Crippen MR) is 83.1 cm³/mol. The molecule has 130 valence electrons. The molecule has 0 aliphatic heterocycles. The Hall–Kier alpha value is -1.48. The zero-order valence-corrected chi connectivity index (χ0v) is 14.0. The van der Waals surface area contributed by atoms with Crippen molar-refractivity contribution in [2.24, 2.45) is 5.16 Å². The molecule has 0 amide bonds. The molecule has 0 radical (unpaired) electrons. The van der Waals surface area contributed by atoms with E-state index >= 15 is 0 Å². The Labute approximate surface area is 137 Å². The lowest BCUT2D eigenvalue weighted by Crippen LogP contribution is -2.30. The van der Waals surface area contributed by atoms with Gasteiger partial charge in [0.05, 0.1) is 11.4 Å². The van der Waals surface area contributed by atoms with Crippen molar-refractivity contribution in [1.82, 2.24) is 0 Å². The molecular formula is C13H16ClF3N2O3S. The lowest BCUT2D eigenvalue weighted by molar-refractivity contribution is -0.0429. The highest BCUT2D eigenvalue weighted by Crippen LogP contribution is 2.28. The lowest BCUT2D eigenvalue weighted by atomic mass is 10.1. The number of unbranched alkanes of at least 4 members (excludes halogenated alkanes) is 1. The summed E-state index contributed by atoms with van der Waals surface area (Å²) in [6.07, 6.45) is 1.66. The number of oxime groups is 1. The van der Waals surface area contributed by atoms with Crippen LogP contribution in [0.5, 0.6) is 0 Å². The molecule has 0 heterocycles. The molecule has 5 nitrogen and oxygen atoms in total. The minimum atomic E-state index is -5.54. The standard InChI is InChI=1S/C13H16ClF3N2O3S/c1-3-4-7-22-18-9(2)11-8-10(14)5-6-12(11)19-23(20,21)13(15,16)17/h5-6,8,19H,3-4,7H2,1-2H3. The Morgan fingerprint density at radius 3 is 2.61 bits per heavy atom. The van der Waals surface area contributed by atoms with E-state index in [0.29, 0.717) is 6.61 Å². The Morgan fingerprint density at radius 1 is 1.39 bits per heavy atom. The smallest absolute Gasteiger partial charge is 0.396 e. The van der Waals surface area contributed by atoms with Crippen LogP contribution in [0, 0.1) is 0 Å². The molecular weight excluding hydrogens is 357 g/mol. The SMILES string of the molecule is CCCCON=C(C)c1cc(Cl)ccc1NS(=O)(=O)C(F)(F)F. The molecule has 0 aliphatic rings. The van der Waals surface area contributed by atoms with E-state index < -0.39 is 15.5 Å². The van der Waals surface area contributed by atoms with E-state index in [9.17, 15) is 21.6 Å². The zero-order chi connectivity index (χ0) is 17.7. The summed E-state index contributed by atoms with van der Waals surface area (Å²) in [7, 11) is -5.54. The maximum absolute atomic E-state index is 12.5. The largest absolute Gasteiger partial charge is 0.516 e. The number of halogens is 4. The van der Waals surface area contributed by atoms with Crippen LogP contribution in [0.2, 0.25) is 5.02 Å². The number of alkyl halides is 3. The second-order valence-electron chi connectivity index (χ2n) is 4.60. The second kappa shape index (κ2) is 7.87. The van der Waals surface area contributed by atoms with Gasteiger partial charge in [-0.05, 0) is 31.5 Å². The molecule has 0 aromatic heterocycles. The van der Waals surface area contributed by atoms with Crippen LogP contribution in [0.15, 0.2) is 23.4 Å². The van der Waals surface area contributed by atoms with Crippen molar-refractivity contribution in [3.63, 3.8) is 0 Å². The highest BCUT2D eigenvalue weighted by atomic mass is 35.5. The van der Waals surface area contributed by atoms with Gasteiger partial charge >= 0.3 is 15.5 Å². The van der Waals surface area contributed by atoms with Gasteiger partial charge in [-0.3, -0.25) is 4.72 Å². The Bertz CT molecular complexity index is 676. The van der Waals surface area contributed by atoms with E-state index in [1.807, 2.05) is 6.92 Å². The van der Waals surface area contributed by atoms with E-state index in [2.05, 4.69) is 5.16 Å². The summed E-state index contributed by atoms with van der Waals surface area (Å²) < 4.78 is 61.4. The molecule has 0 bridgehead atoms. The van der Waals surface area contributed by atoms with Crippen molar-refractivity contribution in [2.45, 2.75) is 32.2 Å². The van der Waals surface area contributed by atoms with E-state index in [4.69, 9.17) is 16.4 Å².